The predicted molar refractivity (Wildman–Crippen MR) is 82.0 cm³/mol. The van der Waals surface area contributed by atoms with E-state index in [1.165, 1.54) is 18.6 Å². The summed E-state index contributed by atoms with van der Waals surface area (Å²) in [6.07, 6.45) is 4.43. The van der Waals surface area contributed by atoms with Crippen molar-refractivity contribution in [3.63, 3.8) is 0 Å². The lowest BCUT2D eigenvalue weighted by atomic mass is 9.86. The summed E-state index contributed by atoms with van der Waals surface area (Å²) in [6, 6.07) is 4.26. The summed E-state index contributed by atoms with van der Waals surface area (Å²) in [5.74, 6) is -0.658. The molecule has 1 fully saturated rings. The summed E-state index contributed by atoms with van der Waals surface area (Å²) in [5, 5.41) is 14.8. The van der Waals surface area contributed by atoms with Crippen LogP contribution in [0.15, 0.2) is 18.2 Å². The molecule has 2 amide bonds. The molecule has 0 aliphatic heterocycles. The summed E-state index contributed by atoms with van der Waals surface area (Å²) in [4.78, 5) is 23.0. The number of aromatic carboxylic acids is 1. The Bertz CT molecular complexity index is 548. The van der Waals surface area contributed by atoms with Gasteiger partial charge in [-0.25, -0.2) is 9.59 Å². The van der Waals surface area contributed by atoms with E-state index in [0.29, 0.717) is 11.6 Å². The van der Waals surface area contributed by atoms with Crippen LogP contribution in [0, 0.1) is 5.92 Å². The zero-order chi connectivity index (χ0) is 15.4. The Morgan fingerprint density at radius 1 is 1.29 bits per heavy atom. The number of anilines is 1. The highest BCUT2D eigenvalue weighted by atomic mass is 35.5. The minimum absolute atomic E-state index is 0.0273. The van der Waals surface area contributed by atoms with Crippen molar-refractivity contribution in [2.45, 2.75) is 38.6 Å². The minimum Gasteiger partial charge on any atom is -0.478 e. The van der Waals surface area contributed by atoms with Crippen molar-refractivity contribution in [3.8, 4) is 0 Å². The number of amides is 2. The quantitative estimate of drug-likeness (QED) is 0.795. The van der Waals surface area contributed by atoms with Gasteiger partial charge in [0.25, 0.3) is 0 Å². The summed E-state index contributed by atoms with van der Waals surface area (Å²) in [6.45, 7) is 2.13. The molecule has 1 aliphatic rings. The number of urea groups is 1. The zero-order valence-corrected chi connectivity index (χ0v) is 12.6. The largest absolute Gasteiger partial charge is 0.478 e. The number of carbonyl (C=O) groups excluding carboxylic acids is 1. The number of carboxylic acid groups (broad SMARTS) is 1. The number of halogens is 1. The molecule has 2 rings (SSSR count). The zero-order valence-electron chi connectivity index (χ0n) is 11.9. The summed E-state index contributed by atoms with van der Waals surface area (Å²) < 4.78 is 0. The molecule has 6 heteroatoms. The number of rotatable bonds is 3. The van der Waals surface area contributed by atoms with E-state index in [0.717, 1.165) is 19.3 Å². The van der Waals surface area contributed by atoms with Gasteiger partial charge in [-0.2, -0.15) is 0 Å². The van der Waals surface area contributed by atoms with Gasteiger partial charge in [-0.15, -0.1) is 0 Å². The molecule has 1 aromatic carbocycles. The highest BCUT2D eigenvalue weighted by Gasteiger charge is 2.22. The number of benzene rings is 1. The number of hydrogen-bond donors (Lipinski definition) is 3. The van der Waals surface area contributed by atoms with E-state index in [1.54, 1.807) is 6.07 Å². The number of hydrogen-bond acceptors (Lipinski definition) is 2. The van der Waals surface area contributed by atoms with Crippen molar-refractivity contribution in [2.24, 2.45) is 5.92 Å². The van der Waals surface area contributed by atoms with Crippen LogP contribution >= 0.6 is 11.6 Å². The van der Waals surface area contributed by atoms with E-state index in [4.69, 9.17) is 16.7 Å². The van der Waals surface area contributed by atoms with Crippen LogP contribution in [-0.4, -0.2) is 23.1 Å². The van der Waals surface area contributed by atoms with Gasteiger partial charge in [-0.05, 0) is 37.0 Å². The highest BCUT2D eigenvalue weighted by Crippen LogP contribution is 2.24. The molecule has 3 N–H and O–H groups in total. The van der Waals surface area contributed by atoms with Crippen LogP contribution in [0.2, 0.25) is 5.02 Å². The van der Waals surface area contributed by atoms with E-state index in [2.05, 4.69) is 17.6 Å². The van der Waals surface area contributed by atoms with Crippen LogP contribution in [0.4, 0.5) is 10.5 Å². The van der Waals surface area contributed by atoms with Crippen LogP contribution in [0.3, 0.4) is 0 Å². The second-order valence-electron chi connectivity index (χ2n) is 5.47. The first-order valence-corrected chi connectivity index (χ1v) is 7.45. The van der Waals surface area contributed by atoms with Gasteiger partial charge < -0.3 is 15.7 Å². The van der Waals surface area contributed by atoms with E-state index in [9.17, 15) is 9.59 Å². The molecule has 0 saturated heterocycles. The first kappa shape index (κ1) is 15.6. The SMILES string of the molecule is CC1CCCCC1NC(=O)Nc1ccc(Cl)c(C(=O)O)c1. The van der Waals surface area contributed by atoms with Crippen molar-refractivity contribution in [3.05, 3.63) is 28.8 Å². The molecular weight excluding hydrogens is 292 g/mol. The third-order valence-electron chi connectivity index (χ3n) is 3.88. The molecule has 21 heavy (non-hydrogen) atoms. The first-order chi connectivity index (χ1) is 9.97. The molecule has 0 heterocycles. The fraction of sp³-hybridized carbons (Fsp3) is 0.467. The van der Waals surface area contributed by atoms with Gasteiger partial charge in [0.15, 0.2) is 0 Å². The Hall–Kier alpha value is -1.75. The van der Waals surface area contributed by atoms with Crippen molar-refractivity contribution < 1.29 is 14.7 Å². The molecule has 0 radical (unpaired) electrons. The monoisotopic (exact) mass is 310 g/mol. The van der Waals surface area contributed by atoms with E-state index < -0.39 is 5.97 Å². The molecule has 5 nitrogen and oxygen atoms in total. The van der Waals surface area contributed by atoms with Gasteiger partial charge in [-0.1, -0.05) is 31.4 Å². The maximum atomic E-state index is 12.0. The Morgan fingerprint density at radius 3 is 2.67 bits per heavy atom. The maximum absolute atomic E-state index is 12.0. The first-order valence-electron chi connectivity index (χ1n) is 7.07. The Labute approximate surface area is 128 Å². The lowest BCUT2D eigenvalue weighted by molar-refractivity contribution is 0.0697. The van der Waals surface area contributed by atoms with Gasteiger partial charge >= 0.3 is 12.0 Å². The summed E-state index contributed by atoms with van der Waals surface area (Å²) in [7, 11) is 0. The molecule has 2 unspecified atom stereocenters. The van der Waals surface area contributed by atoms with Crippen molar-refractivity contribution in [1.29, 1.82) is 0 Å². The van der Waals surface area contributed by atoms with Crippen LogP contribution in [-0.2, 0) is 0 Å². The summed E-state index contributed by atoms with van der Waals surface area (Å²) >= 11 is 5.79. The molecule has 0 spiro atoms. The average Bonchev–Trinajstić information content (AvgIpc) is 2.43. The van der Waals surface area contributed by atoms with Crippen LogP contribution in [0.25, 0.3) is 0 Å². The average molecular weight is 311 g/mol. The number of nitrogens with one attached hydrogen (secondary N) is 2. The van der Waals surface area contributed by atoms with Gasteiger partial charge in [0.1, 0.15) is 0 Å². The van der Waals surface area contributed by atoms with Crippen LogP contribution in [0.1, 0.15) is 43.0 Å². The van der Waals surface area contributed by atoms with Gasteiger partial charge in [0.2, 0.25) is 0 Å². The van der Waals surface area contributed by atoms with Gasteiger partial charge in [-0.3, -0.25) is 0 Å². The maximum Gasteiger partial charge on any atom is 0.337 e. The van der Waals surface area contributed by atoms with Gasteiger partial charge in [0.05, 0.1) is 10.6 Å². The molecule has 1 saturated carbocycles. The lowest BCUT2D eigenvalue weighted by Crippen LogP contribution is -2.43. The Kier molecular flexibility index (Phi) is 5.07. The highest BCUT2D eigenvalue weighted by molar-refractivity contribution is 6.33. The molecule has 1 aromatic rings. The van der Waals surface area contributed by atoms with Crippen molar-refractivity contribution >= 4 is 29.3 Å². The van der Waals surface area contributed by atoms with Crippen LogP contribution < -0.4 is 10.6 Å². The molecule has 0 aromatic heterocycles. The second-order valence-corrected chi connectivity index (χ2v) is 5.87. The number of carboxylic acids is 1. The third-order valence-corrected chi connectivity index (χ3v) is 4.21. The molecule has 0 bridgehead atoms. The van der Waals surface area contributed by atoms with E-state index in [-0.39, 0.29) is 22.7 Å². The van der Waals surface area contributed by atoms with E-state index >= 15 is 0 Å². The number of carbonyl (C=O) groups is 2. The topological polar surface area (TPSA) is 78.4 Å². The molecular formula is C15H19ClN2O3. The normalized spacial score (nSPS) is 21.6. The fourth-order valence-electron chi connectivity index (χ4n) is 2.63. The molecule has 1 aliphatic carbocycles. The summed E-state index contributed by atoms with van der Waals surface area (Å²) in [5.41, 5.74) is 0.387. The smallest absolute Gasteiger partial charge is 0.337 e. The third kappa shape index (κ3) is 4.11. The molecule has 2 atom stereocenters. The van der Waals surface area contributed by atoms with Crippen LogP contribution in [0.5, 0.6) is 0 Å². The van der Waals surface area contributed by atoms with Gasteiger partial charge in [0, 0.05) is 11.7 Å². The van der Waals surface area contributed by atoms with Crippen molar-refractivity contribution in [2.75, 3.05) is 5.32 Å². The predicted octanol–water partition coefficient (Wildman–Crippen LogP) is 3.74. The Morgan fingerprint density at radius 2 is 2.00 bits per heavy atom. The molecule has 114 valence electrons. The second kappa shape index (κ2) is 6.80. The minimum atomic E-state index is -1.12. The fourth-order valence-corrected chi connectivity index (χ4v) is 2.83. The standard InChI is InChI=1S/C15H19ClN2O3/c1-9-4-2-3-5-13(9)18-15(21)17-10-6-7-12(16)11(8-10)14(19)20/h6-9,13H,2-5H2,1H3,(H,19,20)(H2,17,18,21). The van der Waals surface area contributed by atoms with Crippen molar-refractivity contribution in [1.82, 2.24) is 5.32 Å². The lowest BCUT2D eigenvalue weighted by Gasteiger charge is -2.29. The van der Waals surface area contributed by atoms with E-state index in [1.807, 2.05) is 0 Å². The Balaban J connectivity index is 1.99.